The number of pyridine rings is 1. The van der Waals surface area contributed by atoms with Crippen molar-refractivity contribution in [3.8, 4) is 0 Å². The highest BCUT2D eigenvalue weighted by Crippen LogP contribution is 2.26. The first-order valence-electron chi connectivity index (χ1n) is 3.62. The standard InChI is InChI=1S/C8H6ClF2NO2/c1-3-6(8(13)14)4(7(10)11)2-5(9)12-3/h2,7H,1H3,(H,13,14). The molecule has 0 aliphatic rings. The van der Waals surface area contributed by atoms with Crippen LogP contribution in [-0.4, -0.2) is 16.1 Å². The number of aromatic carboxylic acids is 1. The predicted octanol–water partition coefficient (Wildman–Crippen LogP) is 2.68. The molecular weight excluding hydrogens is 216 g/mol. The number of carbonyl (C=O) groups is 1. The van der Waals surface area contributed by atoms with E-state index in [0.29, 0.717) is 0 Å². The molecule has 0 atom stereocenters. The summed E-state index contributed by atoms with van der Waals surface area (Å²) in [6.07, 6.45) is -2.87. The summed E-state index contributed by atoms with van der Waals surface area (Å²) in [6, 6.07) is 0.864. The monoisotopic (exact) mass is 221 g/mol. The van der Waals surface area contributed by atoms with E-state index in [1.807, 2.05) is 0 Å². The Morgan fingerprint density at radius 2 is 2.21 bits per heavy atom. The maximum Gasteiger partial charge on any atom is 0.338 e. The smallest absolute Gasteiger partial charge is 0.338 e. The van der Waals surface area contributed by atoms with Crippen molar-refractivity contribution >= 4 is 17.6 Å². The van der Waals surface area contributed by atoms with Crippen LogP contribution in [0.2, 0.25) is 5.15 Å². The fraction of sp³-hybridized carbons (Fsp3) is 0.250. The number of carboxylic acids is 1. The van der Waals surface area contributed by atoms with Gasteiger partial charge in [0, 0.05) is 5.56 Å². The summed E-state index contributed by atoms with van der Waals surface area (Å²) in [5, 5.41) is 8.53. The van der Waals surface area contributed by atoms with E-state index >= 15 is 0 Å². The summed E-state index contributed by atoms with van der Waals surface area (Å²) < 4.78 is 24.8. The summed E-state index contributed by atoms with van der Waals surface area (Å²) in [5.41, 5.74) is -1.10. The lowest BCUT2D eigenvalue weighted by Crippen LogP contribution is -2.07. The summed E-state index contributed by atoms with van der Waals surface area (Å²) in [7, 11) is 0. The average molecular weight is 222 g/mol. The van der Waals surface area contributed by atoms with Crippen LogP contribution in [0.3, 0.4) is 0 Å². The van der Waals surface area contributed by atoms with Crippen molar-refractivity contribution < 1.29 is 18.7 Å². The molecule has 0 amide bonds. The highest BCUT2D eigenvalue weighted by molar-refractivity contribution is 6.29. The first-order chi connectivity index (χ1) is 6.43. The Balaban J connectivity index is 3.44. The molecule has 6 heteroatoms. The van der Waals surface area contributed by atoms with Crippen molar-refractivity contribution in [1.29, 1.82) is 0 Å². The minimum absolute atomic E-state index is 0.0136. The third kappa shape index (κ3) is 1.98. The zero-order valence-corrected chi connectivity index (χ0v) is 7.85. The van der Waals surface area contributed by atoms with Gasteiger partial charge in [0.1, 0.15) is 5.15 Å². The van der Waals surface area contributed by atoms with Crippen molar-refractivity contribution in [1.82, 2.24) is 4.98 Å². The molecule has 0 spiro atoms. The lowest BCUT2D eigenvalue weighted by atomic mass is 10.1. The van der Waals surface area contributed by atoms with Gasteiger partial charge in [0.05, 0.1) is 11.3 Å². The van der Waals surface area contributed by atoms with Gasteiger partial charge in [-0.1, -0.05) is 11.6 Å². The number of aryl methyl sites for hydroxylation is 1. The molecule has 0 fully saturated rings. The lowest BCUT2D eigenvalue weighted by molar-refractivity contribution is 0.0683. The van der Waals surface area contributed by atoms with Gasteiger partial charge in [-0.05, 0) is 13.0 Å². The van der Waals surface area contributed by atoms with Crippen molar-refractivity contribution in [2.45, 2.75) is 13.3 Å². The Labute approximate surface area is 83.3 Å². The molecule has 0 aliphatic carbocycles. The number of carboxylic acid groups (broad SMARTS) is 1. The second kappa shape index (κ2) is 3.88. The van der Waals surface area contributed by atoms with Crippen molar-refractivity contribution in [2.75, 3.05) is 0 Å². The zero-order chi connectivity index (χ0) is 10.9. The second-order valence-corrected chi connectivity index (χ2v) is 2.99. The Kier molecular flexibility index (Phi) is 3.00. The van der Waals surface area contributed by atoms with Crippen LogP contribution in [-0.2, 0) is 0 Å². The first-order valence-corrected chi connectivity index (χ1v) is 3.99. The Morgan fingerprint density at radius 1 is 1.64 bits per heavy atom. The van der Waals surface area contributed by atoms with E-state index in [4.69, 9.17) is 16.7 Å². The minimum atomic E-state index is -2.87. The third-order valence-electron chi connectivity index (χ3n) is 1.65. The van der Waals surface area contributed by atoms with Gasteiger partial charge in [0.2, 0.25) is 0 Å². The van der Waals surface area contributed by atoms with E-state index in [-0.39, 0.29) is 10.8 Å². The molecule has 0 aromatic carbocycles. The SMILES string of the molecule is Cc1nc(Cl)cc(C(F)F)c1C(=O)O. The fourth-order valence-corrected chi connectivity index (χ4v) is 1.35. The van der Waals surface area contributed by atoms with Gasteiger partial charge in [0.25, 0.3) is 6.43 Å². The number of halogens is 3. The molecule has 1 N–H and O–H groups in total. The van der Waals surface area contributed by atoms with Gasteiger partial charge < -0.3 is 5.11 Å². The van der Waals surface area contributed by atoms with Crippen molar-refractivity contribution in [2.24, 2.45) is 0 Å². The quantitative estimate of drug-likeness (QED) is 0.781. The largest absolute Gasteiger partial charge is 0.478 e. The molecule has 0 aliphatic heterocycles. The summed E-state index contributed by atoms with van der Waals surface area (Å²) in [5.74, 6) is -1.43. The Morgan fingerprint density at radius 3 is 2.64 bits per heavy atom. The van der Waals surface area contributed by atoms with Gasteiger partial charge in [-0.2, -0.15) is 0 Å². The van der Waals surface area contributed by atoms with Gasteiger partial charge in [0.15, 0.2) is 0 Å². The van der Waals surface area contributed by atoms with Gasteiger partial charge in [-0.3, -0.25) is 0 Å². The predicted molar refractivity (Wildman–Crippen MR) is 45.9 cm³/mol. The van der Waals surface area contributed by atoms with Gasteiger partial charge in [-0.25, -0.2) is 18.6 Å². The van der Waals surface area contributed by atoms with E-state index in [0.717, 1.165) is 6.07 Å². The van der Waals surface area contributed by atoms with E-state index in [9.17, 15) is 13.6 Å². The molecule has 0 bridgehead atoms. The molecule has 14 heavy (non-hydrogen) atoms. The summed E-state index contributed by atoms with van der Waals surface area (Å²) in [6.45, 7) is 1.32. The fourth-order valence-electron chi connectivity index (χ4n) is 1.11. The van der Waals surface area contributed by atoms with Crippen LogP contribution < -0.4 is 0 Å². The summed E-state index contributed by atoms with van der Waals surface area (Å²) >= 11 is 5.43. The molecule has 1 aromatic heterocycles. The molecule has 1 rings (SSSR count). The molecule has 0 radical (unpaired) electrons. The molecule has 0 saturated carbocycles. The van der Waals surface area contributed by atoms with Crippen molar-refractivity contribution in [3.05, 3.63) is 28.0 Å². The lowest BCUT2D eigenvalue weighted by Gasteiger charge is -2.07. The second-order valence-electron chi connectivity index (χ2n) is 2.60. The Hall–Kier alpha value is -1.23. The maximum atomic E-state index is 12.4. The molecule has 3 nitrogen and oxygen atoms in total. The van der Waals surface area contributed by atoms with Crippen LogP contribution >= 0.6 is 11.6 Å². The third-order valence-corrected chi connectivity index (χ3v) is 1.84. The van der Waals surface area contributed by atoms with Crippen LogP contribution in [0.15, 0.2) is 6.07 Å². The van der Waals surface area contributed by atoms with Crippen LogP contribution in [0.1, 0.15) is 28.0 Å². The number of aromatic nitrogens is 1. The van der Waals surface area contributed by atoms with E-state index in [1.54, 1.807) is 0 Å². The normalized spacial score (nSPS) is 10.6. The maximum absolute atomic E-state index is 12.4. The average Bonchev–Trinajstić information content (AvgIpc) is 2.01. The van der Waals surface area contributed by atoms with E-state index in [2.05, 4.69) is 4.98 Å². The van der Waals surface area contributed by atoms with Crippen molar-refractivity contribution in [3.63, 3.8) is 0 Å². The Bertz CT molecular complexity index is 382. The van der Waals surface area contributed by atoms with Crippen LogP contribution in [0.4, 0.5) is 8.78 Å². The number of alkyl halides is 2. The van der Waals surface area contributed by atoms with E-state index < -0.39 is 23.5 Å². The highest BCUT2D eigenvalue weighted by atomic mass is 35.5. The van der Waals surface area contributed by atoms with Crippen LogP contribution in [0.25, 0.3) is 0 Å². The summed E-state index contributed by atoms with van der Waals surface area (Å²) in [4.78, 5) is 14.2. The van der Waals surface area contributed by atoms with Gasteiger partial charge in [-0.15, -0.1) is 0 Å². The molecule has 0 unspecified atom stereocenters. The van der Waals surface area contributed by atoms with Crippen LogP contribution in [0.5, 0.6) is 0 Å². The topological polar surface area (TPSA) is 50.2 Å². The minimum Gasteiger partial charge on any atom is -0.478 e. The highest BCUT2D eigenvalue weighted by Gasteiger charge is 2.21. The molecular formula is C8H6ClF2NO2. The van der Waals surface area contributed by atoms with Crippen LogP contribution in [0, 0.1) is 6.92 Å². The number of rotatable bonds is 2. The number of hydrogen-bond acceptors (Lipinski definition) is 2. The van der Waals surface area contributed by atoms with Gasteiger partial charge >= 0.3 is 5.97 Å². The zero-order valence-electron chi connectivity index (χ0n) is 7.09. The molecule has 1 aromatic rings. The molecule has 1 heterocycles. The molecule has 0 saturated heterocycles. The van der Waals surface area contributed by atoms with E-state index in [1.165, 1.54) is 6.92 Å². The number of hydrogen-bond donors (Lipinski definition) is 1. The number of nitrogens with zero attached hydrogens (tertiary/aromatic N) is 1. The first kappa shape index (κ1) is 10.8. The molecule has 76 valence electrons.